The molecule has 3 aliphatic heterocycles. The Balaban J connectivity index is 1.36. The Labute approximate surface area is 305 Å². The van der Waals surface area contributed by atoms with Crippen molar-refractivity contribution in [3.05, 3.63) is 122 Å². The first-order valence-electron chi connectivity index (χ1n) is 16.6. The molecule has 10 nitrogen and oxygen atoms in total. The number of aromatic carboxylic acids is 1. The first-order chi connectivity index (χ1) is 24.6. The fourth-order valence-corrected chi connectivity index (χ4v) is 7.73. The molecular weight excluding hydrogens is 700 g/mol. The normalized spacial score (nSPS) is 19.3. The Hall–Kier alpha value is -4.42. The summed E-state index contributed by atoms with van der Waals surface area (Å²) in [6.45, 7) is 2.67. The number of hydrogen-bond acceptors (Lipinski definition) is 9. The summed E-state index contributed by atoms with van der Waals surface area (Å²) >= 11 is 13.1. The number of esters is 1. The van der Waals surface area contributed by atoms with Gasteiger partial charge in [-0.15, -0.1) is 0 Å². The lowest BCUT2D eigenvalue weighted by Gasteiger charge is -2.44. The van der Waals surface area contributed by atoms with Crippen LogP contribution in [-0.4, -0.2) is 62.0 Å². The van der Waals surface area contributed by atoms with Crippen LogP contribution in [0.1, 0.15) is 63.0 Å². The van der Waals surface area contributed by atoms with Gasteiger partial charge in [0.15, 0.2) is 11.5 Å². The van der Waals surface area contributed by atoms with Gasteiger partial charge in [-0.05, 0) is 73.2 Å². The van der Waals surface area contributed by atoms with Crippen molar-refractivity contribution in [1.29, 1.82) is 0 Å². The minimum atomic E-state index is -1.40. The van der Waals surface area contributed by atoms with Gasteiger partial charge in [-0.3, -0.25) is 15.4 Å². The summed E-state index contributed by atoms with van der Waals surface area (Å²) in [4.78, 5) is 28.6. The van der Waals surface area contributed by atoms with Crippen molar-refractivity contribution < 1.29 is 43.2 Å². The molecule has 0 radical (unpaired) electrons. The van der Waals surface area contributed by atoms with Gasteiger partial charge in [0.05, 0.1) is 20.2 Å². The van der Waals surface area contributed by atoms with Gasteiger partial charge in [-0.1, -0.05) is 65.7 Å². The van der Waals surface area contributed by atoms with Gasteiger partial charge >= 0.3 is 5.97 Å². The molecule has 3 saturated heterocycles. The summed E-state index contributed by atoms with van der Waals surface area (Å²) in [6.07, 6.45) is 4.31. The molecule has 3 aromatic carbocycles. The van der Waals surface area contributed by atoms with E-state index in [1.165, 1.54) is 38.7 Å². The molecule has 0 saturated carbocycles. The second-order valence-corrected chi connectivity index (χ2v) is 13.7. The predicted molar refractivity (Wildman–Crippen MR) is 185 cm³/mol. The quantitative estimate of drug-likeness (QED) is 0.112. The number of benzene rings is 3. The van der Waals surface area contributed by atoms with Gasteiger partial charge in [0.1, 0.15) is 28.0 Å². The lowest BCUT2D eigenvalue weighted by Crippen LogP contribution is -2.52. The van der Waals surface area contributed by atoms with Crippen molar-refractivity contribution in [1.82, 2.24) is 10.2 Å². The van der Waals surface area contributed by atoms with E-state index in [0.29, 0.717) is 40.3 Å². The Morgan fingerprint density at radius 1 is 1.00 bits per heavy atom. The van der Waals surface area contributed by atoms with Gasteiger partial charge in [0, 0.05) is 40.4 Å². The second-order valence-electron chi connectivity index (χ2n) is 12.8. The largest absolute Gasteiger partial charge is 0.545 e. The highest BCUT2D eigenvalue weighted by Gasteiger charge is 2.38. The molecule has 0 amide bonds. The van der Waals surface area contributed by atoms with Crippen LogP contribution in [0.4, 0.5) is 4.39 Å². The van der Waals surface area contributed by atoms with E-state index < -0.39 is 29.7 Å². The van der Waals surface area contributed by atoms with E-state index in [0.717, 1.165) is 30.7 Å². The van der Waals surface area contributed by atoms with Crippen molar-refractivity contribution in [2.45, 2.75) is 43.9 Å². The second kappa shape index (κ2) is 15.9. The van der Waals surface area contributed by atoms with Crippen molar-refractivity contribution in [2.24, 2.45) is 5.92 Å². The Morgan fingerprint density at radius 3 is 2.33 bits per heavy atom. The van der Waals surface area contributed by atoms with Crippen molar-refractivity contribution in [3.63, 3.8) is 0 Å². The van der Waals surface area contributed by atoms with E-state index in [1.54, 1.807) is 48.5 Å². The minimum absolute atomic E-state index is 0.0602. The Morgan fingerprint density at radius 2 is 1.71 bits per heavy atom. The number of fused-ring (bicyclic) bond motifs is 3. The average molecular weight is 739 g/mol. The van der Waals surface area contributed by atoms with Crippen LogP contribution in [0.3, 0.4) is 0 Å². The van der Waals surface area contributed by atoms with Crippen LogP contribution in [0.15, 0.2) is 73.1 Å². The minimum Gasteiger partial charge on any atom is -0.545 e. The topological polar surface area (TPSA) is 124 Å². The van der Waals surface area contributed by atoms with E-state index in [2.05, 4.69) is 10.2 Å². The van der Waals surface area contributed by atoms with Crippen LogP contribution in [0.5, 0.6) is 11.5 Å². The third-order valence-corrected chi connectivity index (χ3v) is 10.5. The number of nitrogens with zero attached hydrogens (tertiary/aromatic N) is 2. The fourth-order valence-electron chi connectivity index (χ4n) is 7.12. The zero-order chi connectivity index (χ0) is 36.2. The van der Waals surface area contributed by atoms with Gasteiger partial charge < -0.3 is 24.1 Å². The summed E-state index contributed by atoms with van der Waals surface area (Å²) in [5.41, 5.74) is 2.16. The van der Waals surface area contributed by atoms with Crippen LogP contribution < -0.4 is 24.6 Å². The molecule has 1 aromatic heterocycles. The number of carbonyl (C=O) groups excluding carboxylic acids is 2. The lowest BCUT2D eigenvalue weighted by molar-refractivity contribution is -0.904. The number of carboxylic acid groups (broad SMARTS) is 1. The number of halogens is 3. The standard InChI is InChI=1S/C38H38Cl2FN3O7/c1-49-33-10-8-24(16-34(33)50-2)27(17-29-30(39)19-44(48)20-31(29)40)28-15-22(7-9-25(28)37(45)46)18-42-36(26-5-3-4-6-32(26)41)38(47)51-35-21-43-13-11-23(35)12-14-43/h3-10,15-16,19-20,23,27,35-36,42H,11-14,17-18,21H2,1-2H3,(H-,45,46,48)/t27-,35-,36?/m0/s1. The fraction of sp³-hybridized carbons (Fsp3) is 0.342. The van der Waals surface area contributed by atoms with Gasteiger partial charge in [0.25, 0.3) is 0 Å². The molecule has 0 spiro atoms. The first-order valence-corrected chi connectivity index (χ1v) is 17.4. The van der Waals surface area contributed by atoms with Crippen molar-refractivity contribution >= 4 is 35.1 Å². The number of piperidine rings is 3. The third-order valence-electron chi connectivity index (χ3n) is 9.82. The zero-order valence-corrected chi connectivity index (χ0v) is 29.6. The van der Waals surface area contributed by atoms with Crippen molar-refractivity contribution in [3.8, 4) is 11.5 Å². The van der Waals surface area contributed by atoms with Crippen LogP contribution in [0.25, 0.3) is 0 Å². The van der Waals surface area contributed by atoms with E-state index >= 15 is 4.39 Å². The average Bonchev–Trinajstić information content (AvgIpc) is 3.12. The molecule has 2 bridgehead atoms. The Kier molecular flexibility index (Phi) is 11.3. The molecule has 13 heteroatoms. The molecular formula is C38H38Cl2FN3O7. The van der Waals surface area contributed by atoms with Gasteiger partial charge in [0.2, 0.25) is 12.4 Å². The van der Waals surface area contributed by atoms with Crippen molar-refractivity contribution in [2.75, 3.05) is 33.9 Å². The molecule has 3 fully saturated rings. The van der Waals surface area contributed by atoms with Crippen LogP contribution in [0.2, 0.25) is 10.0 Å². The molecule has 4 aromatic rings. The number of methoxy groups -OCH3 is 2. The molecule has 3 aliphatic rings. The van der Waals surface area contributed by atoms with Crippen LogP contribution in [0, 0.1) is 11.7 Å². The van der Waals surface area contributed by atoms with E-state index in [9.17, 15) is 19.9 Å². The molecule has 4 heterocycles. The molecule has 268 valence electrons. The first kappa shape index (κ1) is 36.4. The molecule has 7 rings (SSSR count). The van der Waals surface area contributed by atoms with Gasteiger partial charge in [-0.2, -0.15) is 0 Å². The molecule has 1 unspecified atom stereocenters. The smallest absolute Gasteiger partial charge is 0.328 e. The highest BCUT2D eigenvalue weighted by atomic mass is 35.5. The highest BCUT2D eigenvalue weighted by molar-refractivity contribution is 6.35. The number of ether oxygens (including phenoxy) is 3. The zero-order valence-electron chi connectivity index (χ0n) is 28.1. The van der Waals surface area contributed by atoms with Crippen LogP contribution in [-0.2, 0) is 22.5 Å². The predicted octanol–water partition coefficient (Wildman–Crippen LogP) is 4.88. The summed E-state index contributed by atoms with van der Waals surface area (Å²) in [7, 11) is 3.00. The number of aromatic nitrogens is 1. The number of carboxylic acids is 1. The van der Waals surface area contributed by atoms with E-state index in [1.807, 2.05) is 0 Å². The Bertz CT molecular complexity index is 1900. The number of nitrogens with one attached hydrogen (secondary N) is 1. The van der Waals surface area contributed by atoms with Gasteiger partial charge in [-0.25, -0.2) is 9.18 Å². The molecule has 2 N–H and O–H groups in total. The summed E-state index contributed by atoms with van der Waals surface area (Å²) in [6, 6.07) is 14.9. The summed E-state index contributed by atoms with van der Waals surface area (Å²) in [5.74, 6) is -2.06. The maximum atomic E-state index is 15.2. The molecule has 3 atom stereocenters. The third kappa shape index (κ3) is 8.07. The van der Waals surface area contributed by atoms with E-state index in [4.69, 9.17) is 37.4 Å². The maximum Gasteiger partial charge on any atom is 0.328 e. The van der Waals surface area contributed by atoms with Crippen LogP contribution >= 0.6 is 23.2 Å². The molecule has 51 heavy (non-hydrogen) atoms. The number of pyridine rings is 1. The maximum absolute atomic E-state index is 15.2. The molecule has 0 aliphatic carbocycles. The number of carbonyl (C=O) groups is 2. The number of rotatable bonds is 13. The summed E-state index contributed by atoms with van der Waals surface area (Å²) in [5, 5.41) is 26.1. The number of hydrogen-bond donors (Lipinski definition) is 2. The SMILES string of the molecule is COc1ccc([C@H](Cc2c(Cl)c[n+](O)cc2Cl)c2cc(CNC(C(=O)O[C@H]3CN4CCC3CC4)c3ccccc3F)ccc2C(=O)[O-])cc1OC. The highest BCUT2D eigenvalue weighted by Crippen LogP contribution is 2.39. The monoisotopic (exact) mass is 737 g/mol. The summed E-state index contributed by atoms with van der Waals surface area (Å²) < 4.78 is 32.9. The van der Waals surface area contributed by atoms with E-state index in [-0.39, 0.29) is 46.2 Å². The lowest BCUT2D eigenvalue weighted by atomic mass is 9.82.